The smallest absolute Gasteiger partial charge is 0.346 e. The summed E-state index contributed by atoms with van der Waals surface area (Å²) < 4.78 is 16.2. The van der Waals surface area contributed by atoms with Crippen molar-refractivity contribution >= 4 is 34.0 Å². The molecule has 1 aliphatic carbocycles. The van der Waals surface area contributed by atoms with E-state index >= 15 is 0 Å². The Bertz CT molecular complexity index is 1010. The number of nitro benzene ring substituents is 1. The van der Waals surface area contributed by atoms with Gasteiger partial charge in [-0.3, -0.25) is 19.8 Å². The number of thiazole rings is 1. The molecule has 0 spiro atoms. The number of ether oxygens (including phenoxy) is 3. The number of carbonyl (C=O) groups is 2. The van der Waals surface area contributed by atoms with Gasteiger partial charge >= 0.3 is 5.97 Å². The van der Waals surface area contributed by atoms with Crippen molar-refractivity contribution in [1.29, 1.82) is 0 Å². The van der Waals surface area contributed by atoms with Crippen molar-refractivity contribution in [3.63, 3.8) is 0 Å². The van der Waals surface area contributed by atoms with E-state index in [1.807, 2.05) is 0 Å². The molecule has 1 amide bonds. The van der Waals surface area contributed by atoms with E-state index in [1.54, 1.807) is 16.5 Å². The van der Waals surface area contributed by atoms with Crippen LogP contribution in [0, 0.1) is 10.1 Å². The zero-order chi connectivity index (χ0) is 22.7. The van der Waals surface area contributed by atoms with Crippen LogP contribution in [-0.4, -0.2) is 47.1 Å². The molecule has 32 heavy (non-hydrogen) atoms. The summed E-state index contributed by atoms with van der Waals surface area (Å²) in [5.41, 5.74) is -0.764. The molecule has 1 atom stereocenters. The zero-order valence-electron chi connectivity index (χ0n) is 17.5. The highest BCUT2D eigenvalue weighted by Crippen LogP contribution is 2.37. The maximum absolute atomic E-state index is 13.3. The number of fused-ring (bicyclic) bond motifs is 1. The number of aromatic nitrogens is 1. The monoisotopic (exact) mass is 461 g/mol. The molecule has 11 heteroatoms. The Morgan fingerprint density at radius 3 is 2.53 bits per heavy atom. The Morgan fingerprint density at radius 1 is 1.22 bits per heavy atom. The summed E-state index contributed by atoms with van der Waals surface area (Å²) in [5, 5.41) is 13.9. The van der Waals surface area contributed by atoms with Crippen LogP contribution in [-0.2, 0) is 9.53 Å². The number of amides is 1. The molecule has 0 unspecified atom stereocenters. The van der Waals surface area contributed by atoms with Crippen molar-refractivity contribution in [2.45, 2.75) is 51.2 Å². The van der Waals surface area contributed by atoms with Gasteiger partial charge in [0.25, 0.3) is 11.6 Å². The lowest BCUT2D eigenvalue weighted by atomic mass is 9.94. The summed E-state index contributed by atoms with van der Waals surface area (Å²) in [7, 11) is 0. The predicted molar refractivity (Wildman–Crippen MR) is 115 cm³/mol. The molecular formula is C21H23N3O7S. The van der Waals surface area contributed by atoms with E-state index in [2.05, 4.69) is 4.98 Å². The Morgan fingerprint density at radius 2 is 1.91 bits per heavy atom. The third-order valence-corrected chi connectivity index (χ3v) is 6.28. The Hall–Kier alpha value is -3.21. The fourth-order valence-corrected chi connectivity index (χ4v) is 4.69. The quantitative estimate of drug-likeness (QED) is 0.362. The second-order valence-corrected chi connectivity index (χ2v) is 8.51. The van der Waals surface area contributed by atoms with E-state index in [1.165, 1.54) is 24.3 Å². The van der Waals surface area contributed by atoms with Crippen molar-refractivity contribution in [3.05, 3.63) is 39.4 Å². The maximum atomic E-state index is 13.3. The highest BCUT2D eigenvalue weighted by atomic mass is 32.1. The topological polar surface area (TPSA) is 121 Å². The summed E-state index contributed by atoms with van der Waals surface area (Å²) in [6, 6.07) is 2.35. The Balaban J connectivity index is 1.56. The molecule has 2 aliphatic rings. The highest BCUT2D eigenvalue weighted by molar-refractivity contribution is 7.13. The molecule has 1 fully saturated rings. The molecule has 170 valence electrons. The summed E-state index contributed by atoms with van der Waals surface area (Å²) >= 11 is 1.34. The number of nitro groups is 1. The lowest BCUT2D eigenvalue weighted by Gasteiger charge is -2.33. The molecule has 1 aliphatic heterocycles. The average Bonchev–Trinajstić information content (AvgIpc) is 3.33. The van der Waals surface area contributed by atoms with Gasteiger partial charge in [0, 0.05) is 23.7 Å². The number of hydrogen-bond donors (Lipinski definition) is 0. The van der Waals surface area contributed by atoms with E-state index in [0.29, 0.717) is 5.13 Å². The minimum absolute atomic E-state index is 0.0211. The van der Waals surface area contributed by atoms with Crippen molar-refractivity contribution in [1.82, 2.24) is 4.98 Å². The van der Waals surface area contributed by atoms with Crippen LogP contribution in [0.5, 0.6) is 11.5 Å². The van der Waals surface area contributed by atoms with Gasteiger partial charge in [-0.15, -0.1) is 11.3 Å². The molecule has 1 saturated carbocycles. The van der Waals surface area contributed by atoms with Crippen LogP contribution in [0.25, 0.3) is 0 Å². The number of rotatable bonds is 6. The van der Waals surface area contributed by atoms with Gasteiger partial charge in [-0.2, -0.15) is 0 Å². The fraction of sp³-hybridized carbons (Fsp3) is 0.476. The van der Waals surface area contributed by atoms with Crippen LogP contribution in [0.4, 0.5) is 10.8 Å². The lowest BCUT2D eigenvalue weighted by molar-refractivity contribution is -0.385. The van der Waals surface area contributed by atoms with Gasteiger partial charge in [-0.1, -0.05) is 19.3 Å². The van der Waals surface area contributed by atoms with Gasteiger partial charge < -0.3 is 14.2 Å². The lowest BCUT2D eigenvalue weighted by Crippen LogP contribution is -2.47. The number of esters is 1. The van der Waals surface area contributed by atoms with Gasteiger partial charge in [0.1, 0.15) is 18.8 Å². The van der Waals surface area contributed by atoms with E-state index in [-0.39, 0.29) is 36.3 Å². The molecule has 2 heterocycles. The first kappa shape index (κ1) is 22.0. The van der Waals surface area contributed by atoms with Crippen LogP contribution >= 0.6 is 11.3 Å². The number of nitrogens with zero attached hydrogens (tertiary/aromatic N) is 3. The molecule has 10 nitrogen and oxygen atoms in total. The first-order valence-electron chi connectivity index (χ1n) is 10.5. The highest BCUT2D eigenvalue weighted by Gasteiger charge is 2.35. The molecule has 0 bridgehead atoms. The second-order valence-electron chi connectivity index (χ2n) is 7.63. The van der Waals surface area contributed by atoms with Crippen LogP contribution in [0.15, 0.2) is 23.7 Å². The number of hydrogen-bond acceptors (Lipinski definition) is 9. The largest absolute Gasteiger partial charge is 0.486 e. The minimum atomic E-state index is -1.15. The van der Waals surface area contributed by atoms with E-state index in [9.17, 15) is 19.7 Å². The summed E-state index contributed by atoms with van der Waals surface area (Å²) in [6.07, 6.45) is 5.31. The normalized spacial score (nSPS) is 16.8. The second kappa shape index (κ2) is 9.51. The van der Waals surface area contributed by atoms with Gasteiger partial charge in [0.15, 0.2) is 22.7 Å². The maximum Gasteiger partial charge on any atom is 0.346 e. The number of benzene rings is 1. The third kappa shape index (κ3) is 4.52. The van der Waals surface area contributed by atoms with Crippen LogP contribution in [0.1, 0.15) is 49.4 Å². The standard InChI is InChI=1S/C21H23N3O7S/c1-13(19(25)23(21-22-7-10-32-21)14-5-3-2-4-6-14)31-20(26)15-11-17-18(30-9-8-29-17)12-16(15)24(27)28/h7,10-14H,2-6,8-9H2,1H3/t13-/m0/s1. The SMILES string of the molecule is C[C@H](OC(=O)c1cc2c(cc1[N+](=O)[O-])OCCO2)C(=O)N(c1nccs1)C1CCCCC1. The molecule has 0 radical (unpaired) electrons. The summed E-state index contributed by atoms with van der Waals surface area (Å²) in [4.78, 5) is 42.9. The van der Waals surface area contributed by atoms with Gasteiger partial charge in [0.05, 0.1) is 11.0 Å². The van der Waals surface area contributed by atoms with Crippen LogP contribution in [0.3, 0.4) is 0 Å². The fourth-order valence-electron chi connectivity index (χ4n) is 3.97. The zero-order valence-corrected chi connectivity index (χ0v) is 18.3. The first-order chi connectivity index (χ1) is 15.5. The summed E-state index contributed by atoms with van der Waals surface area (Å²) in [5.74, 6) is -0.965. The molecule has 4 rings (SSSR count). The number of carbonyl (C=O) groups excluding carboxylic acids is 2. The first-order valence-corrected chi connectivity index (χ1v) is 11.3. The Labute approximate surface area is 188 Å². The van der Waals surface area contributed by atoms with Crippen LogP contribution in [0.2, 0.25) is 0 Å². The molecular weight excluding hydrogens is 438 g/mol. The third-order valence-electron chi connectivity index (χ3n) is 5.51. The van der Waals surface area contributed by atoms with Crippen molar-refractivity contribution in [2.75, 3.05) is 18.1 Å². The van der Waals surface area contributed by atoms with Gasteiger partial charge in [-0.05, 0) is 19.8 Å². The molecule has 0 saturated heterocycles. The Kier molecular flexibility index (Phi) is 6.54. The molecule has 2 aromatic rings. The van der Waals surface area contributed by atoms with Crippen molar-refractivity contribution in [3.8, 4) is 11.5 Å². The number of anilines is 1. The predicted octanol–water partition coefficient (Wildman–Crippen LogP) is 3.73. The molecule has 1 aromatic heterocycles. The summed E-state index contributed by atoms with van der Waals surface area (Å²) in [6.45, 7) is 1.99. The molecule has 0 N–H and O–H groups in total. The van der Waals surface area contributed by atoms with Gasteiger partial charge in [0.2, 0.25) is 0 Å². The minimum Gasteiger partial charge on any atom is -0.486 e. The van der Waals surface area contributed by atoms with Crippen molar-refractivity contribution < 1.29 is 28.7 Å². The average molecular weight is 461 g/mol. The van der Waals surface area contributed by atoms with E-state index < -0.39 is 28.6 Å². The van der Waals surface area contributed by atoms with Gasteiger partial charge in [-0.25, -0.2) is 9.78 Å². The van der Waals surface area contributed by atoms with E-state index in [0.717, 1.165) is 38.2 Å². The molecule has 1 aromatic carbocycles. The van der Waals surface area contributed by atoms with Crippen molar-refractivity contribution in [2.24, 2.45) is 0 Å². The van der Waals surface area contributed by atoms with Crippen LogP contribution < -0.4 is 14.4 Å². The van der Waals surface area contributed by atoms with E-state index in [4.69, 9.17) is 14.2 Å².